The Balaban J connectivity index is 2.79. The van der Waals surface area contributed by atoms with Crippen molar-refractivity contribution in [2.24, 2.45) is 11.1 Å². The van der Waals surface area contributed by atoms with Crippen LogP contribution in [-0.4, -0.2) is 11.5 Å². The fraction of sp³-hybridized carbons (Fsp3) is 0.636. The average Bonchev–Trinajstić information content (AvgIpc) is 2.30. The van der Waals surface area contributed by atoms with Crippen molar-refractivity contribution in [1.82, 2.24) is 4.98 Å². The zero-order valence-corrected chi connectivity index (χ0v) is 9.07. The largest absolute Gasteiger partial charge is 0.362 e. The van der Waals surface area contributed by atoms with Gasteiger partial charge in [0, 0.05) is 11.4 Å². The molecule has 0 spiro atoms. The van der Waals surface area contributed by atoms with Crippen LogP contribution in [0.4, 0.5) is 0 Å². The van der Waals surface area contributed by atoms with Gasteiger partial charge in [-0.3, -0.25) is 0 Å². The summed E-state index contributed by atoms with van der Waals surface area (Å²) in [6, 6.07) is 2.22. The Bertz CT molecular complexity index is 284. The van der Waals surface area contributed by atoms with Crippen molar-refractivity contribution in [3.05, 3.63) is 23.0 Å². The van der Waals surface area contributed by atoms with E-state index in [9.17, 15) is 0 Å². The molecule has 0 aliphatic carbocycles. The van der Waals surface area contributed by atoms with Crippen LogP contribution in [0.2, 0.25) is 0 Å². The second-order valence-corrected chi connectivity index (χ2v) is 4.65. The number of aromatic nitrogens is 1. The minimum atomic E-state index is 0.208. The number of nitrogens with one attached hydrogen (secondary N) is 1. The van der Waals surface area contributed by atoms with Gasteiger partial charge in [0.05, 0.1) is 0 Å². The Hall–Kier alpha value is -0.760. The molecule has 0 atom stereocenters. The molecule has 1 aromatic heterocycles. The van der Waals surface area contributed by atoms with Crippen molar-refractivity contribution in [3.63, 3.8) is 0 Å². The lowest BCUT2D eigenvalue weighted by atomic mass is 9.86. The van der Waals surface area contributed by atoms with Crippen molar-refractivity contribution >= 4 is 0 Å². The maximum atomic E-state index is 5.70. The molecule has 2 nitrogen and oxygen atoms in total. The van der Waals surface area contributed by atoms with E-state index in [1.807, 2.05) is 0 Å². The van der Waals surface area contributed by atoms with Gasteiger partial charge in [0.25, 0.3) is 0 Å². The van der Waals surface area contributed by atoms with E-state index >= 15 is 0 Å². The highest BCUT2D eigenvalue weighted by atomic mass is 14.7. The Morgan fingerprint density at radius 2 is 2.00 bits per heavy atom. The standard InChI is InChI=1S/C11H20N2/c1-8-5-10(9(2)13-8)6-11(3,4)7-12/h5,13H,6-7,12H2,1-4H3. The molecule has 0 aliphatic heterocycles. The number of hydrogen-bond acceptors (Lipinski definition) is 1. The van der Waals surface area contributed by atoms with Crippen LogP contribution >= 0.6 is 0 Å². The summed E-state index contributed by atoms with van der Waals surface area (Å²) < 4.78 is 0. The quantitative estimate of drug-likeness (QED) is 0.735. The average molecular weight is 180 g/mol. The third-order valence-electron chi connectivity index (χ3n) is 2.48. The molecule has 0 saturated heterocycles. The normalized spacial score (nSPS) is 12.1. The van der Waals surface area contributed by atoms with E-state index in [2.05, 4.69) is 38.7 Å². The molecule has 13 heavy (non-hydrogen) atoms. The number of rotatable bonds is 3. The summed E-state index contributed by atoms with van der Waals surface area (Å²) >= 11 is 0. The summed E-state index contributed by atoms with van der Waals surface area (Å²) in [7, 11) is 0. The molecule has 1 heterocycles. The van der Waals surface area contributed by atoms with Gasteiger partial charge in [0.2, 0.25) is 0 Å². The highest BCUT2D eigenvalue weighted by Crippen LogP contribution is 2.22. The van der Waals surface area contributed by atoms with Crippen molar-refractivity contribution in [1.29, 1.82) is 0 Å². The molecule has 0 saturated carbocycles. The van der Waals surface area contributed by atoms with Crippen LogP contribution in [0.3, 0.4) is 0 Å². The third kappa shape index (κ3) is 2.59. The van der Waals surface area contributed by atoms with E-state index in [4.69, 9.17) is 5.73 Å². The minimum Gasteiger partial charge on any atom is -0.362 e. The molecule has 2 heteroatoms. The molecule has 0 unspecified atom stereocenters. The predicted octanol–water partition coefficient (Wildman–Crippen LogP) is 2.16. The van der Waals surface area contributed by atoms with Crippen molar-refractivity contribution in [2.75, 3.05) is 6.54 Å². The summed E-state index contributed by atoms with van der Waals surface area (Å²) in [5.74, 6) is 0. The van der Waals surface area contributed by atoms with Gasteiger partial charge in [-0.15, -0.1) is 0 Å². The Kier molecular flexibility index (Phi) is 2.81. The summed E-state index contributed by atoms with van der Waals surface area (Å²) in [6.45, 7) is 9.35. The summed E-state index contributed by atoms with van der Waals surface area (Å²) in [4.78, 5) is 3.31. The Labute approximate surface area is 80.5 Å². The van der Waals surface area contributed by atoms with Gasteiger partial charge in [-0.25, -0.2) is 0 Å². The van der Waals surface area contributed by atoms with Crippen molar-refractivity contribution < 1.29 is 0 Å². The number of aromatic amines is 1. The van der Waals surface area contributed by atoms with Crippen molar-refractivity contribution in [3.8, 4) is 0 Å². The molecule has 3 N–H and O–H groups in total. The second kappa shape index (κ2) is 3.54. The summed E-state index contributed by atoms with van der Waals surface area (Å²) in [5, 5.41) is 0. The number of nitrogens with two attached hydrogens (primary N) is 1. The van der Waals surface area contributed by atoms with Gasteiger partial charge in [0.15, 0.2) is 0 Å². The molecule has 1 rings (SSSR count). The highest BCUT2D eigenvalue weighted by Gasteiger charge is 2.17. The molecule has 0 fully saturated rings. The van der Waals surface area contributed by atoms with Crippen LogP contribution in [0.1, 0.15) is 30.8 Å². The monoisotopic (exact) mass is 180 g/mol. The van der Waals surface area contributed by atoms with E-state index in [0.717, 1.165) is 13.0 Å². The first-order chi connectivity index (χ1) is 5.94. The van der Waals surface area contributed by atoms with Gasteiger partial charge < -0.3 is 10.7 Å². The second-order valence-electron chi connectivity index (χ2n) is 4.65. The van der Waals surface area contributed by atoms with Crippen LogP contribution in [0.25, 0.3) is 0 Å². The maximum absolute atomic E-state index is 5.70. The molecular formula is C11H20N2. The zero-order chi connectivity index (χ0) is 10.1. The molecule has 1 aromatic rings. The van der Waals surface area contributed by atoms with Gasteiger partial charge in [-0.2, -0.15) is 0 Å². The van der Waals surface area contributed by atoms with Crippen LogP contribution in [0.5, 0.6) is 0 Å². The van der Waals surface area contributed by atoms with E-state index in [1.165, 1.54) is 17.0 Å². The van der Waals surface area contributed by atoms with Crippen LogP contribution in [-0.2, 0) is 6.42 Å². The smallest absolute Gasteiger partial charge is 0.0150 e. The Morgan fingerprint density at radius 1 is 1.38 bits per heavy atom. The van der Waals surface area contributed by atoms with E-state index in [-0.39, 0.29) is 5.41 Å². The van der Waals surface area contributed by atoms with Gasteiger partial charge in [-0.05, 0) is 43.9 Å². The van der Waals surface area contributed by atoms with Gasteiger partial charge in [0.1, 0.15) is 0 Å². The fourth-order valence-corrected chi connectivity index (χ4v) is 1.55. The lowest BCUT2D eigenvalue weighted by molar-refractivity contribution is 0.376. The molecule has 74 valence electrons. The minimum absolute atomic E-state index is 0.208. The van der Waals surface area contributed by atoms with Crippen LogP contribution < -0.4 is 5.73 Å². The topological polar surface area (TPSA) is 41.8 Å². The molecule has 0 radical (unpaired) electrons. The predicted molar refractivity (Wildman–Crippen MR) is 56.8 cm³/mol. The van der Waals surface area contributed by atoms with Gasteiger partial charge >= 0.3 is 0 Å². The molecule has 0 aliphatic rings. The van der Waals surface area contributed by atoms with Crippen LogP contribution in [0, 0.1) is 19.3 Å². The number of aryl methyl sites for hydroxylation is 2. The lowest BCUT2D eigenvalue weighted by Gasteiger charge is -2.21. The van der Waals surface area contributed by atoms with Crippen LogP contribution in [0.15, 0.2) is 6.07 Å². The number of H-pyrrole nitrogens is 1. The zero-order valence-electron chi connectivity index (χ0n) is 9.07. The van der Waals surface area contributed by atoms with E-state index in [1.54, 1.807) is 0 Å². The van der Waals surface area contributed by atoms with E-state index in [0.29, 0.717) is 0 Å². The van der Waals surface area contributed by atoms with E-state index < -0.39 is 0 Å². The molecule has 0 aromatic carbocycles. The van der Waals surface area contributed by atoms with Gasteiger partial charge in [-0.1, -0.05) is 13.8 Å². The SMILES string of the molecule is Cc1cc(CC(C)(C)CN)c(C)[nH]1. The molecular weight excluding hydrogens is 160 g/mol. The molecule has 0 amide bonds. The fourth-order valence-electron chi connectivity index (χ4n) is 1.55. The maximum Gasteiger partial charge on any atom is 0.0150 e. The first-order valence-corrected chi connectivity index (χ1v) is 4.80. The first-order valence-electron chi connectivity index (χ1n) is 4.80. The highest BCUT2D eigenvalue weighted by molar-refractivity contribution is 5.25. The summed E-state index contributed by atoms with van der Waals surface area (Å²) in [6.07, 6.45) is 1.06. The number of hydrogen-bond donors (Lipinski definition) is 2. The lowest BCUT2D eigenvalue weighted by Crippen LogP contribution is -2.25. The Morgan fingerprint density at radius 3 is 2.38 bits per heavy atom. The first kappa shape index (κ1) is 10.3. The van der Waals surface area contributed by atoms with Crippen molar-refractivity contribution in [2.45, 2.75) is 34.1 Å². The molecule has 0 bridgehead atoms. The third-order valence-corrected chi connectivity index (χ3v) is 2.48. The summed E-state index contributed by atoms with van der Waals surface area (Å²) in [5.41, 5.74) is 9.82.